The monoisotopic (exact) mass is 305 g/mol. The molecule has 0 heterocycles. The number of rotatable bonds is 7. The molecule has 0 aromatic carbocycles. The van der Waals surface area contributed by atoms with Gasteiger partial charge in [0.2, 0.25) is 0 Å². The Morgan fingerprint density at radius 2 is 1.80 bits per heavy atom. The van der Waals surface area contributed by atoms with Crippen LogP contribution in [0.3, 0.4) is 0 Å². The second kappa shape index (κ2) is 7.76. The fourth-order valence-electron chi connectivity index (χ4n) is 1.52. The molecule has 6 heteroatoms. The molecule has 0 saturated heterocycles. The Hall–Kier alpha value is -0.910. The number of hydrogen-bond acceptors (Lipinski definition) is 4. The highest BCUT2D eigenvalue weighted by molar-refractivity contribution is 8.00. The highest BCUT2D eigenvalue weighted by atomic mass is 32.2. The zero-order chi connectivity index (χ0) is 16.0. The van der Waals surface area contributed by atoms with Crippen molar-refractivity contribution in [1.29, 1.82) is 0 Å². The van der Waals surface area contributed by atoms with E-state index in [1.54, 1.807) is 32.5 Å². The Morgan fingerprint density at radius 3 is 2.20 bits per heavy atom. The third-order valence-electron chi connectivity index (χ3n) is 2.58. The van der Waals surface area contributed by atoms with Crippen molar-refractivity contribution in [3.05, 3.63) is 0 Å². The summed E-state index contributed by atoms with van der Waals surface area (Å²) in [4.78, 5) is 23.1. The maximum absolute atomic E-state index is 11.7. The largest absolute Gasteiger partial charge is 0.480 e. The van der Waals surface area contributed by atoms with E-state index in [0.717, 1.165) is 18.6 Å². The molecule has 118 valence electrons. The van der Waals surface area contributed by atoms with Gasteiger partial charge in [0.05, 0.1) is 0 Å². The summed E-state index contributed by atoms with van der Waals surface area (Å²) in [6.07, 6.45) is 1.38. The van der Waals surface area contributed by atoms with Crippen LogP contribution < -0.4 is 5.32 Å². The fourth-order valence-corrected chi connectivity index (χ4v) is 2.81. The van der Waals surface area contributed by atoms with Gasteiger partial charge in [-0.05, 0) is 46.8 Å². The first-order valence-corrected chi connectivity index (χ1v) is 7.84. The predicted octanol–water partition coefficient (Wildman–Crippen LogP) is 3.28. The number of nitrogens with one attached hydrogen (secondary N) is 1. The van der Waals surface area contributed by atoms with Crippen molar-refractivity contribution in [1.82, 2.24) is 5.32 Å². The average Bonchev–Trinajstić information content (AvgIpc) is 2.23. The number of carbonyl (C=O) groups is 2. The van der Waals surface area contributed by atoms with E-state index < -0.39 is 28.5 Å². The first-order valence-electron chi connectivity index (χ1n) is 6.86. The molecule has 0 bridgehead atoms. The van der Waals surface area contributed by atoms with Gasteiger partial charge in [-0.3, -0.25) is 0 Å². The number of unbranched alkanes of at least 4 members (excludes halogenated alkanes) is 1. The van der Waals surface area contributed by atoms with Crippen LogP contribution >= 0.6 is 11.8 Å². The second-order valence-electron chi connectivity index (χ2n) is 6.22. The fraction of sp³-hybridized carbons (Fsp3) is 0.857. The van der Waals surface area contributed by atoms with E-state index in [1.807, 2.05) is 13.8 Å². The van der Waals surface area contributed by atoms with Crippen molar-refractivity contribution in [2.75, 3.05) is 5.75 Å². The maximum atomic E-state index is 11.7. The molecular formula is C14H27NO4S. The Morgan fingerprint density at radius 1 is 1.25 bits per heavy atom. The van der Waals surface area contributed by atoms with Gasteiger partial charge in [0.1, 0.15) is 11.6 Å². The second-order valence-corrected chi connectivity index (χ2v) is 7.97. The van der Waals surface area contributed by atoms with Crippen LogP contribution in [0.1, 0.15) is 54.4 Å². The Kier molecular flexibility index (Phi) is 7.41. The van der Waals surface area contributed by atoms with E-state index in [4.69, 9.17) is 4.74 Å². The molecule has 0 aliphatic heterocycles. The van der Waals surface area contributed by atoms with E-state index in [2.05, 4.69) is 12.2 Å². The molecule has 0 aromatic rings. The maximum Gasteiger partial charge on any atom is 0.408 e. The van der Waals surface area contributed by atoms with Gasteiger partial charge >= 0.3 is 12.1 Å². The quantitative estimate of drug-likeness (QED) is 0.706. The van der Waals surface area contributed by atoms with Crippen molar-refractivity contribution in [2.45, 2.75) is 70.8 Å². The van der Waals surface area contributed by atoms with Crippen LogP contribution in [0.2, 0.25) is 0 Å². The molecular weight excluding hydrogens is 278 g/mol. The third kappa shape index (κ3) is 7.62. The average molecular weight is 305 g/mol. The minimum absolute atomic E-state index is 0.599. The van der Waals surface area contributed by atoms with Crippen LogP contribution in [0.25, 0.3) is 0 Å². The van der Waals surface area contributed by atoms with Crippen LogP contribution in [-0.4, -0.2) is 39.3 Å². The van der Waals surface area contributed by atoms with E-state index in [-0.39, 0.29) is 0 Å². The van der Waals surface area contributed by atoms with Gasteiger partial charge in [0.25, 0.3) is 0 Å². The molecule has 0 spiro atoms. The minimum atomic E-state index is -1.05. The summed E-state index contributed by atoms with van der Waals surface area (Å²) in [5.41, 5.74) is -0.646. The van der Waals surface area contributed by atoms with Gasteiger partial charge in [-0.25, -0.2) is 9.59 Å². The van der Waals surface area contributed by atoms with Crippen molar-refractivity contribution >= 4 is 23.8 Å². The summed E-state index contributed by atoms with van der Waals surface area (Å²) >= 11 is 1.55. The molecule has 5 nitrogen and oxygen atoms in total. The SMILES string of the molecule is CCCCSC(C)(C)C(NC(=O)OC(C)(C)C)C(=O)O. The van der Waals surface area contributed by atoms with Crippen molar-refractivity contribution in [3.8, 4) is 0 Å². The number of alkyl carbamates (subject to hydrolysis) is 1. The highest BCUT2D eigenvalue weighted by Gasteiger charge is 2.37. The van der Waals surface area contributed by atoms with E-state index in [0.29, 0.717) is 0 Å². The lowest BCUT2D eigenvalue weighted by Crippen LogP contribution is -2.53. The van der Waals surface area contributed by atoms with Crippen LogP contribution in [0.5, 0.6) is 0 Å². The zero-order valence-corrected chi connectivity index (χ0v) is 14.1. The van der Waals surface area contributed by atoms with Gasteiger partial charge in [-0.15, -0.1) is 0 Å². The molecule has 0 saturated carbocycles. The molecule has 0 radical (unpaired) electrons. The molecule has 0 aliphatic rings. The molecule has 1 amide bonds. The van der Waals surface area contributed by atoms with E-state index in [9.17, 15) is 14.7 Å². The Bertz CT molecular complexity index is 337. The lowest BCUT2D eigenvalue weighted by Gasteiger charge is -2.32. The lowest BCUT2D eigenvalue weighted by molar-refractivity contribution is -0.140. The van der Waals surface area contributed by atoms with Gasteiger partial charge in [-0.1, -0.05) is 13.3 Å². The topological polar surface area (TPSA) is 75.6 Å². The number of carboxylic acids is 1. The smallest absolute Gasteiger partial charge is 0.408 e. The van der Waals surface area contributed by atoms with Crippen LogP contribution in [0.4, 0.5) is 4.79 Å². The van der Waals surface area contributed by atoms with Crippen LogP contribution in [-0.2, 0) is 9.53 Å². The molecule has 0 aliphatic carbocycles. The van der Waals surface area contributed by atoms with Gasteiger partial charge < -0.3 is 15.2 Å². The van der Waals surface area contributed by atoms with Crippen LogP contribution in [0, 0.1) is 0 Å². The normalized spacial score (nSPS) is 13.7. The van der Waals surface area contributed by atoms with E-state index in [1.165, 1.54) is 0 Å². The number of carboxylic acid groups (broad SMARTS) is 1. The molecule has 2 N–H and O–H groups in total. The van der Waals surface area contributed by atoms with Crippen molar-refractivity contribution < 1.29 is 19.4 Å². The summed E-state index contributed by atoms with van der Waals surface area (Å²) < 4.78 is 4.52. The number of ether oxygens (including phenoxy) is 1. The minimum Gasteiger partial charge on any atom is -0.480 e. The van der Waals surface area contributed by atoms with Crippen molar-refractivity contribution in [3.63, 3.8) is 0 Å². The standard InChI is InChI=1S/C14H27NO4S/c1-7-8-9-20-14(5,6)10(11(16)17)15-12(18)19-13(2,3)4/h10H,7-9H2,1-6H3,(H,15,18)(H,16,17). The summed E-state index contributed by atoms with van der Waals surface area (Å²) in [7, 11) is 0. The van der Waals surface area contributed by atoms with Gasteiger partial charge in [-0.2, -0.15) is 11.8 Å². The predicted molar refractivity (Wildman–Crippen MR) is 82.2 cm³/mol. The number of carbonyl (C=O) groups excluding carboxylic acids is 1. The highest BCUT2D eigenvalue weighted by Crippen LogP contribution is 2.29. The summed E-state index contributed by atoms with van der Waals surface area (Å²) in [5.74, 6) is -0.187. The first kappa shape index (κ1) is 19.1. The van der Waals surface area contributed by atoms with Gasteiger partial charge in [0, 0.05) is 4.75 Å². The molecule has 0 rings (SSSR count). The number of amides is 1. The molecule has 20 heavy (non-hydrogen) atoms. The Labute approximate surface area is 125 Å². The number of aliphatic carboxylic acids is 1. The van der Waals surface area contributed by atoms with Crippen LogP contribution in [0.15, 0.2) is 0 Å². The summed E-state index contributed by atoms with van der Waals surface area (Å²) in [6.45, 7) is 10.9. The summed E-state index contributed by atoms with van der Waals surface area (Å²) in [6, 6.07) is -0.987. The first-order chi connectivity index (χ1) is 8.99. The van der Waals surface area contributed by atoms with Crippen molar-refractivity contribution in [2.24, 2.45) is 0 Å². The lowest BCUT2D eigenvalue weighted by atomic mass is 10.0. The molecule has 0 aromatic heterocycles. The van der Waals surface area contributed by atoms with Gasteiger partial charge in [0.15, 0.2) is 0 Å². The Balaban J connectivity index is 4.71. The zero-order valence-electron chi connectivity index (χ0n) is 13.3. The van der Waals surface area contributed by atoms with E-state index >= 15 is 0 Å². The summed E-state index contributed by atoms with van der Waals surface area (Å²) in [5, 5.41) is 11.8. The molecule has 0 fully saturated rings. The third-order valence-corrected chi connectivity index (χ3v) is 4.05. The molecule has 1 unspecified atom stereocenters. The molecule has 1 atom stereocenters. The number of hydrogen-bond donors (Lipinski definition) is 2. The number of thioether (sulfide) groups is 1.